The number of carbonyl (C=O) groups is 1. The molecular formula is C27H35N3O. The molecule has 2 N–H and O–H groups in total. The Labute approximate surface area is 186 Å². The van der Waals surface area contributed by atoms with E-state index in [-0.39, 0.29) is 11.9 Å². The van der Waals surface area contributed by atoms with Crippen LogP contribution in [0.25, 0.3) is 0 Å². The predicted octanol–water partition coefficient (Wildman–Crippen LogP) is 5.89. The molecule has 1 amide bonds. The van der Waals surface area contributed by atoms with Gasteiger partial charge in [0.1, 0.15) is 0 Å². The smallest absolute Gasteiger partial charge is 0.251 e. The monoisotopic (exact) mass is 417 g/mol. The molecule has 0 saturated heterocycles. The number of nitrogens with one attached hydrogen (secondary N) is 2. The van der Waals surface area contributed by atoms with Gasteiger partial charge >= 0.3 is 0 Å². The number of unbranched alkanes of at least 4 members (excludes halogenated alkanes) is 1. The number of fused-ring (bicyclic) bond motifs is 3. The highest BCUT2D eigenvalue weighted by atomic mass is 16.1. The van der Waals surface area contributed by atoms with Crippen molar-refractivity contribution in [2.75, 3.05) is 29.9 Å². The summed E-state index contributed by atoms with van der Waals surface area (Å²) in [6, 6.07) is 15.5. The van der Waals surface area contributed by atoms with Crippen LogP contribution in [0.5, 0.6) is 0 Å². The van der Waals surface area contributed by atoms with E-state index in [1.807, 2.05) is 6.07 Å². The van der Waals surface area contributed by atoms with Crippen LogP contribution in [-0.2, 0) is 0 Å². The van der Waals surface area contributed by atoms with E-state index in [0.29, 0.717) is 11.8 Å². The van der Waals surface area contributed by atoms with Crippen molar-refractivity contribution in [1.29, 1.82) is 0 Å². The Morgan fingerprint density at radius 1 is 1.10 bits per heavy atom. The number of allylic oxidation sites excluding steroid dienone is 2. The van der Waals surface area contributed by atoms with Crippen LogP contribution >= 0.6 is 0 Å². The maximum atomic E-state index is 12.6. The lowest BCUT2D eigenvalue weighted by molar-refractivity contribution is 0.0953. The Balaban J connectivity index is 1.57. The third-order valence-electron chi connectivity index (χ3n) is 6.82. The summed E-state index contributed by atoms with van der Waals surface area (Å²) in [5, 5.41) is 6.84. The highest BCUT2D eigenvalue weighted by molar-refractivity contribution is 5.95. The van der Waals surface area contributed by atoms with E-state index in [1.54, 1.807) is 0 Å². The van der Waals surface area contributed by atoms with Crippen molar-refractivity contribution in [3.8, 4) is 0 Å². The molecule has 2 aromatic rings. The van der Waals surface area contributed by atoms with Gasteiger partial charge in [0, 0.05) is 42.5 Å². The molecule has 1 aliphatic heterocycles. The summed E-state index contributed by atoms with van der Waals surface area (Å²) in [7, 11) is 0. The first-order valence-corrected chi connectivity index (χ1v) is 11.9. The number of benzene rings is 2. The van der Waals surface area contributed by atoms with Crippen LogP contribution in [0.4, 0.5) is 11.4 Å². The van der Waals surface area contributed by atoms with E-state index >= 15 is 0 Å². The van der Waals surface area contributed by atoms with Crippen LogP contribution in [-0.4, -0.2) is 25.5 Å². The van der Waals surface area contributed by atoms with Crippen LogP contribution in [0.2, 0.25) is 0 Å². The Morgan fingerprint density at radius 3 is 2.58 bits per heavy atom. The lowest BCUT2D eigenvalue weighted by Gasteiger charge is -2.38. The Hall–Kier alpha value is -2.75. The quantitative estimate of drug-likeness (QED) is 0.416. The topological polar surface area (TPSA) is 44.4 Å². The zero-order chi connectivity index (χ0) is 21.8. The van der Waals surface area contributed by atoms with E-state index in [2.05, 4.69) is 84.9 Å². The molecule has 1 heterocycles. The minimum atomic E-state index is 0.0314. The number of nitrogens with zero attached hydrogens (tertiary/aromatic N) is 1. The normalized spacial score (nSPS) is 21.2. The average Bonchev–Trinajstić information content (AvgIpc) is 3.30. The molecular weight excluding hydrogens is 382 g/mol. The van der Waals surface area contributed by atoms with Crippen molar-refractivity contribution in [1.82, 2.24) is 5.32 Å². The molecule has 0 radical (unpaired) electrons. The van der Waals surface area contributed by atoms with Crippen molar-refractivity contribution in [3.05, 3.63) is 71.3 Å². The summed E-state index contributed by atoms with van der Waals surface area (Å²) in [6.07, 6.45) is 7.80. The first-order chi connectivity index (χ1) is 15.2. The Kier molecular flexibility index (Phi) is 6.64. The predicted molar refractivity (Wildman–Crippen MR) is 130 cm³/mol. The number of rotatable bonds is 8. The zero-order valence-electron chi connectivity index (χ0n) is 19.0. The van der Waals surface area contributed by atoms with Gasteiger partial charge in [0.2, 0.25) is 0 Å². The highest BCUT2D eigenvalue weighted by Crippen LogP contribution is 2.50. The molecule has 3 unspecified atom stereocenters. The minimum Gasteiger partial charge on any atom is -0.378 e. The minimum absolute atomic E-state index is 0.0314. The second-order valence-corrected chi connectivity index (χ2v) is 8.65. The molecule has 0 saturated carbocycles. The van der Waals surface area contributed by atoms with Crippen LogP contribution < -0.4 is 15.5 Å². The van der Waals surface area contributed by atoms with Crippen molar-refractivity contribution in [2.45, 2.75) is 52.0 Å². The standard InChI is InChI=1S/C27H35N3O/c1-4-7-17-28-27(31)20-13-16-25-24(18-20)22-9-8-10-23(22)26(29-25)19-11-14-21(15-12-19)30(5-2)6-3/h8-9,11-16,18,22-23,26,29H,4-7,10,17H2,1-3H3,(H,28,31). The van der Waals surface area contributed by atoms with Gasteiger partial charge in [-0.2, -0.15) is 0 Å². The van der Waals surface area contributed by atoms with Crippen LogP contribution in [0.3, 0.4) is 0 Å². The van der Waals surface area contributed by atoms with Crippen molar-refractivity contribution < 1.29 is 4.79 Å². The van der Waals surface area contributed by atoms with Crippen molar-refractivity contribution in [3.63, 3.8) is 0 Å². The van der Waals surface area contributed by atoms with Crippen LogP contribution in [0.15, 0.2) is 54.6 Å². The third-order valence-corrected chi connectivity index (χ3v) is 6.82. The van der Waals surface area contributed by atoms with Gasteiger partial charge in [0.05, 0.1) is 6.04 Å². The molecule has 0 spiro atoms. The molecule has 4 nitrogen and oxygen atoms in total. The fourth-order valence-electron chi connectivity index (χ4n) is 5.03. The summed E-state index contributed by atoms with van der Waals surface area (Å²) in [5.41, 5.74) is 5.78. The molecule has 164 valence electrons. The molecule has 2 aliphatic rings. The molecule has 4 heteroatoms. The number of carbonyl (C=O) groups excluding carboxylic acids is 1. The van der Waals surface area contributed by atoms with E-state index in [0.717, 1.165) is 50.1 Å². The number of hydrogen-bond donors (Lipinski definition) is 2. The highest BCUT2D eigenvalue weighted by Gasteiger charge is 2.38. The molecule has 3 atom stereocenters. The average molecular weight is 418 g/mol. The zero-order valence-corrected chi connectivity index (χ0v) is 19.0. The largest absolute Gasteiger partial charge is 0.378 e. The van der Waals surface area contributed by atoms with Gasteiger partial charge in [-0.1, -0.05) is 37.6 Å². The maximum Gasteiger partial charge on any atom is 0.251 e. The van der Waals surface area contributed by atoms with Gasteiger partial charge in [-0.25, -0.2) is 0 Å². The summed E-state index contributed by atoms with van der Waals surface area (Å²) in [5.74, 6) is 0.862. The molecule has 0 fully saturated rings. The van der Waals surface area contributed by atoms with E-state index < -0.39 is 0 Å². The van der Waals surface area contributed by atoms with Gasteiger partial charge in [0.25, 0.3) is 5.91 Å². The van der Waals surface area contributed by atoms with Crippen LogP contribution in [0.1, 0.15) is 73.5 Å². The van der Waals surface area contributed by atoms with Gasteiger partial charge in [-0.3, -0.25) is 4.79 Å². The summed E-state index contributed by atoms with van der Waals surface area (Å²) in [4.78, 5) is 14.9. The molecule has 1 aliphatic carbocycles. The van der Waals surface area contributed by atoms with Gasteiger partial charge in [-0.15, -0.1) is 0 Å². The molecule has 4 rings (SSSR count). The maximum absolute atomic E-state index is 12.6. The number of anilines is 2. The Morgan fingerprint density at radius 2 is 1.87 bits per heavy atom. The fraction of sp³-hybridized carbons (Fsp3) is 0.444. The molecule has 2 aromatic carbocycles. The SMILES string of the molecule is CCCCNC(=O)c1ccc2c(c1)C1C=CCC1C(c1ccc(N(CC)CC)cc1)N2. The second-order valence-electron chi connectivity index (χ2n) is 8.65. The molecule has 31 heavy (non-hydrogen) atoms. The fourth-order valence-corrected chi connectivity index (χ4v) is 5.03. The summed E-state index contributed by atoms with van der Waals surface area (Å²) < 4.78 is 0. The van der Waals surface area contributed by atoms with E-state index in [1.165, 1.54) is 16.8 Å². The third kappa shape index (κ3) is 4.34. The lowest BCUT2D eigenvalue weighted by Crippen LogP contribution is -2.30. The summed E-state index contributed by atoms with van der Waals surface area (Å²) in [6.45, 7) is 9.31. The van der Waals surface area contributed by atoms with E-state index in [9.17, 15) is 4.79 Å². The number of hydrogen-bond acceptors (Lipinski definition) is 3. The molecule has 0 aromatic heterocycles. The summed E-state index contributed by atoms with van der Waals surface area (Å²) >= 11 is 0. The first-order valence-electron chi connectivity index (χ1n) is 11.9. The second kappa shape index (κ2) is 9.59. The van der Waals surface area contributed by atoms with E-state index in [4.69, 9.17) is 0 Å². The van der Waals surface area contributed by atoms with Gasteiger partial charge in [-0.05, 0) is 74.1 Å². The van der Waals surface area contributed by atoms with Gasteiger partial charge < -0.3 is 15.5 Å². The van der Waals surface area contributed by atoms with Crippen molar-refractivity contribution in [2.24, 2.45) is 5.92 Å². The lowest BCUT2D eigenvalue weighted by atomic mass is 9.76. The molecule has 0 bridgehead atoms. The first kappa shape index (κ1) is 21.5. The van der Waals surface area contributed by atoms with Gasteiger partial charge in [0.15, 0.2) is 0 Å². The van der Waals surface area contributed by atoms with Crippen LogP contribution in [0, 0.1) is 5.92 Å². The van der Waals surface area contributed by atoms with Crippen molar-refractivity contribution >= 4 is 17.3 Å². The Bertz CT molecular complexity index is 930. The number of amides is 1.